The van der Waals surface area contributed by atoms with Crippen LogP contribution in [0.2, 0.25) is 0 Å². The molecule has 0 aromatic rings. The lowest BCUT2D eigenvalue weighted by Crippen LogP contribution is -2.62. The molecule has 16 N–H and O–H groups in total. The predicted octanol–water partition coefficient (Wildman–Crippen LogP) is -3.44. The van der Waals surface area contributed by atoms with Crippen LogP contribution in [0.15, 0.2) is 4.99 Å². The molecule has 0 aliphatic carbocycles. The normalized spacial score (nSPS) is 18.0. The molecule has 1 saturated heterocycles. The highest BCUT2D eigenvalue weighted by molar-refractivity contribution is 7.98. The average Bonchev–Trinajstić information content (AvgIpc) is 3.64. The lowest BCUT2D eigenvalue weighted by atomic mass is 10.0. The van der Waals surface area contributed by atoms with Gasteiger partial charge in [-0.1, -0.05) is 13.8 Å². The van der Waals surface area contributed by atoms with Crippen LogP contribution in [-0.2, 0) is 33.6 Å². The Morgan fingerprint density at radius 1 is 0.776 bits per heavy atom. The molecule has 1 rings (SSSR count). The molecule has 9 atom stereocenters. The van der Waals surface area contributed by atoms with Crippen LogP contribution < -0.4 is 49.5 Å². The molecule has 0 spiro atoms. The summed E-state index contributed by atoms with van der Waals surface area (Å²) in [4.78, 5) is 98.0. The number of guanidine groups is 1. The second-order valence-electron chi connectivity index (χ2n) is 14.9. The summed E-state index contributed by atoms with van der Waals surface area (Å²) >= 11 is 1.41. The Morgan fingerprint density at radius 3 is 1.88 bits per heavy atom. The van der Waals surface area contributed by atoms with Crippen LogP contribution in [0, 0.1) is 5.92 Å². The van der Waals surface area contributed by atoms with Gasteiger partial charge in [0.2, 0.25) is 35.4 Å². The third-order valence-electron chi connectivity index (χ3n) is 9.39. The summed E-state index contributed by atoms with van der Waals surface area (Å²) in [7, 11) is 0. The van der Waals surface area contributed by atoms with Crippen molar-refractivity contribution in [3.05, 3.63) is 0 Å². The first kappa shape index (κ1) is 51.8. The van der Waals surface area contributed by atoms with Gasteiger partial charge < -0.3 is 69.7 Å². The van der Waals surface area contributed by atoms with Gasteiger partial charge in [-0.25, -0.2) is 4.79 Å². The number of unbranched alkanes of at least 4 members (excludes halogenated alkanes) is 1. The second-order valence-corrected chi connectivity index (χ2v) is 15.9. The highest BCUT2D eigenvalue weighted by Gasteiger charge is 2.40. The highest BCUT2D eigenvalue weighted by atomic mass is 32.2. The molecule has 0 bridgehead atoms. The number of hydrogen-bond donors (Lipinski definition) is 12. The number of carboxylic acids is 1. The van der Waals surface area contributed by atoms with Gasteiger partial charge in [-0.3, -0.25) is 33.8 Å². The smallest absolute Gasteiger partial charge is 0.326 e. The van der Waals surface area contributed by atoms with Crippen LogP contribution in [0.1, 0.15) is 85.5 Å². The molecule has 58 heavy (non-hydrogen) atoms. The van der Waals surface area contributed by atoms with Gasteiger partial charge in [-0.05, 0) is 96.1 Å². The van der Waals surface area contributed by atoms with E-state index >= 15 is 0 Å². The number of thioether (sulfide) groups is 1. The molecule has 22 heteroatoms. The van der Waals surface area contributed by atoms with Crippen LogP contribution in [0.25, 0.3) is 0 Å². The number of aliphatic carboxylic acids is 1. The zero-order valence-corrected chi connectivity index (χ0v) is 35.1. The first-order valence-electron chi connectivity index (χ1n) is 19.7. The standard InChI is InChI=1S/C36H67N11O10S/c1-19(2)18-22(38)29(50)45-28(21(4)49)33(54)46-27(20(3)48)32(53)43-24(10-6-7-14-37)34(55)47-16-9-12-26(47)31(52)42-23(11-8-15-41-36(39)40)30(51)44-25(35(56)57)13-17-58-5/h19-28,48-49H,6-18,37-38H2,1-5H3,(H,42,52)(H,43,53)(H,44,51)(H,45,50)(H,46,54)(H,56,57)(H4,39,40,41)/t20-,21-,22+,23+,24+,25+,26+,27+,28+/m1/s1. The predicted molar refractivity (Wildman–Crippen MR) is 219 cm³/mol. The van der Waals surface area contributed by atoms with Gasteiger partial charge in [0.15, 0.2) is 5.96 Å². The number of aliphatic imine (C=N–C) groups is 1. The van der Waals surface area contributed by atoms with E-state index in [1.165, 1.54) is 30.5 Å². The Bertz CT molecular complexity index is 1400. The molecule has 0 radical (unpaired) electrons. The van der Waals surface area contributed by atoms with E-state index in [1.807, 2.05) is 13.8 Å². The topological polar surface area (TPSA) is 360 Å². The van der Waals surface area contributed by atoms with Crippen LogP contribution in [0.5, 0.6) is 0 Å². The number of carbonyl (C=O) groups excluding carboxylic acids is 6. The summed E-state index contributed by atoms with van der Waals surface area (Å²) in [6.45, 7) is 6.75. The summed E-state index contributed by atoms with van der Waals surface area (Å²) in [6.07, 6.45) is 1.19. The number of nitrogens with two attached hydrogens (primary N) is 4. The fourth-order valence-corrected chi connectivity index (χ4v) is 6.72. The zero-order valence-electron chi connectivity index (χ0n) is 34.3. The monoisotopic (exact) mass is 845 g/mol. The van der Waals surface area contributed by atoms with Crippen molar-refractivity contribution >= 4 is 59.1 Å². The number of aliphatic hydroxyl groups is 2. The number of nitrogens with zero attached hydrogens (tertiary/aromatic N) is 2. The van der Waals surface area contributed by atoms with E-state index in [-0.39, 0.29) is 63.6 Å². The number of rotatable bonds is 27. The number of amides is 6. The molecule has 21 nitrogen and oxygen atoms in total. The van der Waals surface area contributed by atoms with E-state index in [0.29, 0.717) is 31.4 Å². The van der Waals surface area contributed by atoms with Crippen LogP contribution >= 0.6 is 11.8 Å². The van der Waals surface area contributed by atoms with E-state index in [2.05, 4.69) is 31.6 Å². The van der Waals surface area contributed by atoms with Crippen molar-refractivity contribution in [1.29, 1.82) is 0 Å². The van der Waals surface area contributed by atoms with Gasteiger partial charge in [0.25, 0.3) is 0 Å². The Hall–Kier alpha value is -4.25. The Balaban J connectivity index is 3.29. The first-order chi connectivity index (χ1) is 27.2. The van der Waals surface area contributed by atoms with E-state index in [1.54, 1.807) is 6.26 Å². The molecule has 0 unspecified atom stereocenters. The van der Waals surface area contributed by atoms with E-state index in [9.17, 15) is 48.9 Å². The molecule has 1 aliphatic rings. The van der Waals surface area contributed by atoms with Crippen LogP contribution in [0.4, 0.5) is 0 Å². The van der Waals surface area contributed by atoms with Crippen molar-refractivity contribution in [3.8, 4) is 0 Å². The molecular weight excluding hydrogens is 779 g/mol. The summed E-state index contributed by atoms with van der Waals surface area (Å²) in [5.74, 6) is -5.57. The first-order valence-corrected chi connectivity index (χ1v) is 21.1. The SMILES string of the molecule is CSCC[C@H](NC(=O)[C@H](CCCN=C(N)N)NC(=O)[C@@H]1CCCN1C(=O)[C@H](CCCCN)NC(=O)[C@@H](NC(=O)[C@@H](NC(=O)[C@@H](N)CC(C)C)[C@@H](C)O)[C@@H](C)O)C(=O)O. The fourth-order valence-electron chi connectivity index (χ4n) is 6.25. The molecule has 332 valence electrons. The van der Waals surface area contributed by atoms with Crippen molar-refractivity contribution < 1.29 is 48.9 Å². The van der Waals surface area contributed by atoms with Gasteiger partial charge in [0, 0.05) is 13.1 Å². The van der Waals surface area contributed by atoms with Crippen LogP contribution in [-0.4, -0.2) is 154 Å². The molecular formula is C36H67N11O10S. The van der Waals surface area contributed by atoms with Gasteiger partial charge in [0.05, 0.1) is 18.2 Å². The van der Waals surface area contributed by atoms with Crippen molar-refractivity contribution in [2.75, 3.05) is 31.6 Å². The highest BCUT2D eigenvalue weighted by Crippen LogP contribution is 2.21. The molecule has 1 heterocycles. The van der Waals surface area contributed by atoms with E-state index in [4.69, 9.17) is 22.9 Å². The maximum Gasteiger partial charge on any atom is 0.326 e. The van der Waals surface area contributed by atoms with E-state index in [0.717, 1.165) is 0 Å². The molecule has 1 fully saturated rings. The Morgan fingerprint density at radius 2 is 1.34 bits per heavy atom. The molecule has 0 aromatic carbocycles. The van der Waals surface area contributed by atoms with Crippen molar-refractivity contribution in [2.45, 2.75) is 140 Å². The molecule has 6 amide bonds. The number of nitrogens with one attached hydrogen (secondary N) is 5. The summed E-state index contributed by atoms with van der Waals surface area (Å²) in [6, 6.07) is -8.86. The lowest BCUT2D eigenvalue weighted by molar-refractivity contribution is -0.144. The van der Waals surface area contributed by atoms with Crippen molar-refractivity contribution in [1.82, 2.24) is 31.5 Å². The third kappa shape index (κ3) is 18.1. The van der Waals surface area contributed by atoms with Crippen LogP contribution in [0.3, 0.4) is 0 Å². The largest absolute Gasteiger partial charge is 0.480 e. The molecule has 0 saturated carbocycles. The zero-order chi connectivity index (χ0) is 44.1. The number of likely N-dealkylation sites (tertiary alicyclic amines) is 1. The number of aliphatic hydroxyl groups excluding tert-OH is 2. The Labute approximate surface area is 344 Å². The third-order valence-corrected chi connectivity index (χ3v) is 10.0. The Kier molecular flexibility index (Phi) is 23.8. The maximum atomic E-state index is 14.2. The number of carbonyl (C=O) groups is 7. The minimum Gasteiger partial charge on any atom is -0.480 e. The minimum atomic E-state index is -1.64. The summed E-state index contributed by atoms with van der Waals surface area (Å²) < 4.78 is 0. The van der Waals surface area contributed by atoms with Gasteiger partial charge in [0.1, 0.15) is 36.3 Å². The van der Waals surface area contributed by atoms with Gasteiger partial charge in [-0.15, -0.1) is 0 Å². The second kappa shape index (κ2) is 26.7. The van der Waals surface area contributed by atoms with Gasteiger partial charge >= 0.3 is 5.97 Å². The van der Waals surface area contributed by atoms with Crippen molar-refractivity contribution in [2.24, 2.45) is 33.8 Å². The number of carboxylic acid groups (broad SMARTS) is 1. The van der Waals surface area contributed by atoms with Gasteiger partial charge in [-0.2, -0.15) is 11.8 Å². The maximum absolute atomic E-state index is 14.2. The summed E-state index contributed by atoms with van der Waals surface area (Å²) in [5.41, 5.74) is 22.4. The lowest BCUT2D eigenvalue weighted by Gasteiger charge is -2.31. The van der Waals surface area contributed by atoms with Crippen molar-refractivity contribution in [3.63, 3.8) is 0 Å². The summed E-state index contributed by atoms with van der Waals surface area (Å²) in [5, 5.41) is 43.1. The molecule has 1 aliphatic heterocycles. The van der Waals surface area contributed by atoms with E-state index < -0.39 is 95.9 Å². The number of hydrogen-bond acceptors (Lipinski definition) is 13. The quantitative estimate of drug-likeness (QED) is 0.0217. The fraction of sp³-hybridized carbons (Fsp3) is 0.778. The molecule has 0 aromatic heterocycles. The average molecular weight is 846 g/mol. The minimum absolute atomic E-state index is 0.0401.